The van der Waals surface area contributed by atoms with Gasteiger partial charge in [-0.1, -0.05) is 29.8 Å². The van der Waals surface area contributed by atoms with Gasteiger partial charge in [-0.3, -0.25) is 14.6 Å². The second-order valence-electron chi connectivity index (χ2n) is 8.60. The van der Waals surface area contributed by atoms with Crippen LogP contribution >= 0.6 is 11.6 Å². The number of methoxy groups -OCH3 is 1. The number of carbonyl (C=O) groups excluding carboxylic acids is 2. The number of benzene rings is 2. The second kappa shape index (κ2) is 9.94. The molecule has 10 heteroatoms. The standard InChI is InChI=1S/C27H24ClN5O4/c1-29-21-14-20-18(13-23(21)36-2)22(8-11-30-20)37-24-19(28)12-17(15-31-24)33-26(35)27(9-10-27)25(34)32-16-6-4-3-5-7-16/h3-8,11-15,29H,9-10H2,1-2H3,(H,32,34)(H,33,35). The van der Waals surface area contributed by atoms with E-state index >= 15 is 0 Å². The van der Waals surface area contributed by atoms with Crippen LogP contribution in [0, 0.1) is 5.41 Å². The van der Waals surface area contributed by atoms with Crippen LogP contribution in [0.15, 0.2) is 67.0 Å². The van der Waals surface area contributed by atoms with Crippen molar-refractivity contribution in [1.29, 1.82) is 0 Å². The predicted molar refractivity (Wildman–Crippen MR) is 143 cm³/mol. The maximum Gasteiger partial charge on any atom is 0.240 e. The molecule has 0 aliphatic heterocycles. The van der Waals surface area contributed by atoms with Gasteiger partial charge in [0.05, 0.1) is 30.2 Å². The summed E-state index contributed by atoms with van der Waals surface area (Å²) in [5.74, 6) is 0.547. The molecular weight excluding hydrogens is 494 g/mol. The Kier molecular flexibility index (Phi) is 6.54. The van der Waals surface area contributed by atoms with Crippen molar-refractivity contribution < 1.29 is 19.1 Å². The minimum absolute atomic E-state index is 0.159. The summed E-state index contributed by atoms with van der Waals surface area (Å²) < 4.78 is 11.5. The lowest BCUT2D eigenvalue weighted by molar-refractivity contribution is -0.131. The summed E-state index contributed by atoms with van der Waals surface area (Å²) in [6.07, 6.45) is 4.00. The number of carbonyl (C=O) groups is 2. The third-order valence-corrected chi connectivity index (χ3v) is 6.49. The Bertz CT molecular complexity index is 1490. The molecular formula is C27H24ClN5O4. The minimum atomic E-state index is -1.11. The van der Waals surface area contributed by atoms with Gasteiger partial charge in [0.25, 0.3) is 0 Å². The van der Waals surface area contributed by atoms with Crippen LogP contribution in [0.3, 0.4) is 0 Å². The van der Waals surface area contributed by atoms with Crippen LogP contribution in [-0.4, -0.2) is 35.9 Å². The van der Waals surface area contributed by atoms with Crippen LogP contribution in [-0.2, 0) is 9.59 Å². The average Bonchev–Trinajstić information content (AvgIpc) is 3.72. The third kappa shape index (κ3) is 4.85. The van der Waals surface area contributed by atoms with Gasteiger partial charge in [-0.2, -0.15) is 0 Å². The number of pyridine rings is 2. The molecule has 9 nitrogen and oxygen atoms in total. The molecule has 0 radical (unpaired) electrons. The number of anilines is 3. The number of fused-ring (bicyclic) bond motifs is 1. The van der Waals surface area contributed by atoms with E-state index in [-0.39, 0.29) is 16.8 Å². The molecule has 2 aromatic carbocycles. The summed E-state index contributed by atoms with van der Waals surface area (Å²) in [5.41, 5.74) is 1.38. The molecule has 2 amide bonds. The largest absolute Gasteiger partial charge is 0.495 e. The van der Waals surface area contributed by atoms with Gasteiger partial charge in [0.1, 0.15) is 21.9 Å². The maximum absolute atomic E-state index is 13.0. The lowest BCUT2D eigenvalue weighted by Crippen LogP contribution is -2.35. The molecule has 3 N–H and O–H groups in total. The molecule has 0 unspecified atom stereocenters. The van der Waals surface area contributed by atoms with Crippen molar-refractivity contribution in [2.45, 2.75) is 12.8 Å². The Morgan fingerprint density at radius 2 is 1.68 bits per heavy atom. The molecule has 1 aliphatic rings. The molecule has 2 heterocycles. The van der Waals surface area contributed by atoms with E-state index in [2.05, 4.69) is 25.9 Å². The first kappa shape index (κ1) is 24.3. The lowest BCUT2D eigenvalue weighted by atomic mass is 10.0. The number of hydrogen-bond acceptors (Lipinski definition) is 7. The van der Waals surface area contributed by atoms with E-state index in [0.717, 1.165) is 5.69 Å². The monoisotopic (exact) mass is 517 g/mol. The molecule has 1 aliphatic carbocycles. The number of para-hydroxylation sites is 1. The fourth-order valence-corrected chi connectivity index (χ4v) is 4.18. The van der Waals surface area contributed by atoms with Crippen molar-refractivity contribution in [3.05, 3.63) is 72.0 Å². The molecule has 0 saturated heterocycles. The van der Waals surface area contributed by atoms with Crippen LogP contribution in [0.2, 0.25) is 5.02 Å². The SMILES string of the molecule is CNc1cc2nccc(Oc3ncc(NC(=O)C4(C(=O)Nc5ccccc5)CC4)cc3Cl)c2cc1OC. The highest BCUT2D eigenvalue weighted by Crippen LogP contribution is 2.47. The maximum atomic E-state index is 13.0. The third-order valence-electron chi connectivity index (χ3n) is 6.22. The zero-order valence-electron chi connectivity index (χ0n) is 20.2. The molecule has 188 valence electrons. The first-order chi connectivity index (χ1) is 17.9. The van der Waals surface area contributed by atoms with E-state index < -0.39 is 11.3 Å². The first-order valence-electron chi connectivity index (χ1n) is 11.6. The quantitative estimate of drug-likeness (QED) is 0.265. The van der Waals surface area contributed by atoms with Crippen LogP contribution in [0.4, 0.5) is 17.1 Å². The van der Waals surface area contributed by atoms with Crippen molar-refractivity contribution in [2.75, 3.05) is 30.1 Å². The molecule has 4 aromatic rings. The van der Waals surface area contributed by atoms with Gasteiger partial charge in [0, 0.05) is 24.3 Å². The zero-order valence-corrected chi connectivity index (χ0v) is 20.9. The molecule has 1 saturated carbocycles. The number of nitrogens with zero attached hydrogens (tertiary/aromatic N) is 2. The van der Waals surface area contributed by atoms with Gasteiger partial charge >= 0.3 is 0 Å². The highest BCUT2D eigenvalue weighted by Gasteiger charge is 2.56. The van der Waals surface area contributed by atoms with Crippen molar-refractivity contribution in [3.8, 4) is 17.4 Å². The van der Waals surface area contributed by atoms with Crippen LogP contribution in [0.1, 0.15) is 12.8 Å². The van der Waals surface area contributed by atoms with E-state index in [4.69, 9.17) is 21.1 Å². The van der Waals surface area contributed by atoms with Gasteiger partial charge in [-0.15, -0.1) is 0 Å². The normalized spacial score (nSPS) is 13.5. The summed E-state index contributed by atoms with van der Waals surface area (Å²) in [7, 11) is 3.39. The van der Waals surface area contributed by atoms with Crippen molar-refractivity contribution in [2.24, 2.45) is 5.41 Å². The smallest absolute Gasteiger partial charge is 0.240 e. The molecule has 0 spiro atoms. The second-order valence-corrected chi connectivity index (χ2v) is 9.01. The molecule has 1 fully saturated rings. The lowest BCUT2D eigenvalue weighted by Gasteiger charge is -2.16. The number of rotatable bonds is 8. The van der Waals surface area contributed by atoms with E-state index in [1.165, 1.54) is 12.3 Å². The van der Waals surface area contributed by atoms with Crippen LogP contribution in [0.5, 0.6) is 17.4 Å². The van der Waals surface area contributed by atoms with Gasteiger partial charge < -0.3 is 25.4 Å². The molecule has 37 heavy (non-hydrogen) atoms. The van der Waals surface area contributed by atoms with E-state index in [0.29, 0.717) is 46.6 Å². The Hall–Kier alpha value is -4.37. The topological polar surface area (TPSA) is 114 Å². The van der Waals surface area contributed by atoms with Gasteiger partial charge in [-0.05, 0) is 49.2 Å². The Balaban J connectivity index is 1.32. The Morgan fingerprint density at radius 3 is 2.32 bits per heavy atom. The molecule has 5 rings (SSSR count). The van der Waals surface area contributed by atoms with E-state index in [1.807, 2.05) is 30.3 Å². The number of nitrogens with one attached hydrogen (secondary N) is 3. The van der Waals surface area contributed by atoms with E-state index in [1.54, 1.807) is 38.6 Å². The molecule has 0 bridgehead atoms. The van der Waals surface area contributed by atoms with Crippen molar-refractivity contribution in [3.63, 3.8) is 0 Å². The zero-order chi connectivity index (χ0) is 26.0. The summed E-state index contributed by atoms with van der Waals surface area (Å²) in [4.78, 5) is 34.5. The number of hydrogen-bond donors (Lipinski definition) is 3. The number of ether oxygens (including phenoxy) is 2. The van der Waals surface area contributed by atoms with Gasteiger partial charge in [0.2, 0.25) is 17.7 Å². The first-order valence-corrected chi connectivity index (χ1v) is 12.0. The summed E-state index contributed by atoms with van der Waals surface area (Å²) >= 11 is 6.45. The number of aromatic nitrogens is 2. The van der Waals surface area contributed by atoms with E-state index in [9.17, 15) is 9.59 Å². The van der Waals surface area contributed by atoms with Crippen molar-refractivity contribution in [1.82, 2.24) is 9.97 Å². The summed E-state index contributed by atoms with van der Waals surface area (Å²) in [6, 6.07) is 16.0. The van der Waals surface area contributed by atoms with Crippen LogP contribution < -0.4 is 25.4 Å². The molecule has 0 atom stereocenters. The Labute approximate surface area is 218 Å². The average molecular weight is 518 g/mol. The Morgan fingerprint density at radius 1 is 0.946 bits per heavy atom. The predicted octanol–water partition coefficient (Wildman–Crippen LogP) is 5.48. The number of amides is 2. The fourth-order valence-electron chi connectivity index (χ4n) is 3.98. The summed E-state index contributed by atoms with van der Waals surface area (Å²) in [5, 5.41) is 9.56. The number of halogens is 1. The summed E-state index contributed by atoms with van der Waals surface area (Å²) in [6.45, 7) is 0. The molecule has 2 aromatic heterocycles. The van der Waals surface area contributed by atoms with Gasteiger partial charge in [-0.25, -0.2) is 4.98 Å². The highest BCUT2D eigenvalue weighted by atomic mass is 35.5. The van der Waals surface area contributed by atoms with Gasteiger partial charge in [0.15, 0.2) is 0 Å². The fraction of sp³-hybridized carbons (Fsp3) is 0.185. The minimum Gasteiger partial charge on any atom is -0.495 e. The highest BCUT2D eigenvalue weighted by molar-refractivity contribution is 6.32. The van der Waals surface area contributed by atoms with Crippen molar-refractivity contribution >= 4 is 51.4 Å². The van der Waals surface area contributed by atoms with Crippen LogP contribution in [0.25, 0.3) is 10.9 Å².